The highest BCUT2D eigenvalue weighted by Crippen LogP contribution is 2.31. The summed E-state index contributed by atoms with van der Waals surface area (Å²) in [5.41, 5.74) is 0.0543. The van der Waals surface area contributed by atoms with Gasteiger partial charge in [0.25, 0.3) is 0 Å². The smallest absolute Gasteiger partial charge is 0.244 e. The third-order valence-corrected chi connectivity index (χ3v) is 6.47. The van der Waals surface area contributed by atoms with E-state index < -0.39 is 45.8 Å². The molecule has 0 unspecified atom stereocenters. The molecule has 2 aromatic rings. The number of amides is 2. The van der Waals surface area contributed by atoms with Gasteiger partial charge in [0.2, 0.25) is 21.8 Å². The maximum atomic E-state index is 13.4. The lowest BCUT2D eigenvalue weighted by Crippen LogP contribution is -2.54. The maximum Gasteiger partial charge on any atom is 0.244 e. The van der Waals surface area contributed by atoms with Crippen LogP contribution in [0.4, 0.5) is 10.1 Å². The summed E-state index contributed by atoms with van der Waals surface area (Å²) in [5, 5.41) is 3.14. The van der Waals surface area contributed by atoms with Gasteiger partial charge < -0.3 is 10.2 Å². The van der Waals surface area contributed by atoms with Crippen LogP contribution in [0, 0.1) is 5.82 Å². The van der Waals surface area contributed by atoms with Gasteiger partial charge in [-0.05, 0) is 63.6 Å². The van der Waals surface area contributed by atoms with Gasteiger partial charge in [0, 0.05) is 17.1 Å². The number of anilines is 1. The van der Waals surface area contributed by atoms with E-state index in [9.17, 15) is 22.4 Å². The third kappa shape index (κ3) is 7.85. The maximum absolute atomic E-state index is 13.4. The first-order valence-corrected chi connectivity index (χ1v) is 13.0. The minimum Gasteiger partial charge on any atom is -0.350 e. The van der Waals surface area contributed by atoms with Gasteiger partial charge in [-0.1, -0.05) is 35.3 Å². The molecule has 0 aliphatic rings. The lowest BCUT2D eigenvalue weighted by atomic mass is 10.1. The fourth-order valence-corrected chi connectivity index (χ4v) is 4.40. The highest BCUT2D eigenvalue weighted by Gasteiger charge is 2.32. The number of hydrogen-bond donors (Lipinski definition) is 1. The molecule has 0 fully saturated rings. The van der Waals surface area contributed by atoms with E-state index in [0.29, 0.717) is 5.56 Å². The van der Waals surface area contributed by atoms with E-state index in [1.165, 1.54) is 47.4 Å². The number of halogens is 3. The van der Waals surface area contributed by atoms with Gasteiger partial charge in [0.15, 0.2) is 0 Å². The first-order valence-electron chi connectivity index (χ1n) is 10.4. The van der Waals surface area contributed by atoms with Crippen molar-refractivity contribution < 1.29 is 22.4 Å². The fraction of sp³-hybridized carbons (Fsp3) is 0.391. The molecule has 2 aromatic carbocycles. The van der Waals surface area contributed by atoms with Gasteiger partial charge in [-0.2, -0.15) is 0 Å². The molecule has 7 nitrogen and oxygen atoms in total. The van der Waals surface area contributed by atoms with Crippen molar-refractivity contribution in [2.45, 2.75) is 45.8 Å². The van der Waals surface area contributed by atoms with Crippen molar-refractivity contribution >= 4 is 50.7 Å². The second kappa shape index (κ2) is 10.9. The lowest BCUT2D eigenvalue weighted by Gasteiger charge is -2.33. The van der Waals surface area contributed by atoms with Crippen LogP contribution in [0.3, 0.4) is 0 Å². The number of benzene rings is 2. The standard InChI is InChI=1S/C23H28Cl2FN3O4S/c1-15(22(31)27-23(2,3)4)28(13-16-6-9-18(26)10-7-16)21(30)14-29(34(5,32)33)20-12-17(24)8-11-19(20)25/h6-12,15H,13-14H2,1-5H3,(H,27,31)/t15-/m0/s1. The molecule has 0 bridgehead atoms. The van der Waals surface area contributed by atoms with Gasteiger partial charge in [-0.15, -0.1) is 0 Å². The monoisotopic (exact) mass is 531 g/mol. The highest BCUT2D eigenvalue weighted by molar-refractivity contribution is 7.92. The molecule has 0 saturated heterocycles. The normalized spacial score (nSPS) is 12.7. The first-order chi connectivity index (χ1) is 15.6. The minimum absolute atomic E-state index is 0.0403. The summed E-state index contributed by atoms with van der Waals surface area (Å²) in [6.07, 6.45) is 0.942. The molecule has 2 rings (SSSR count). The van der Waals surface area contributed by atoms with E-state index in [1.807, 2.05) is 0 Å². The Balaban J connectivity index is 2.44. The Morgan fingerprint density at radius 1 is 1.09 bits per heavy atom. The molecule has 11 heteroatoms. The first kappa shape index (κ1) is 27.9. The molecule has 0 spiro atoms. The van der Waals surface area contributed by atoms with Gasteiger partial charge in [0.05, 0.1) is 17.0 Å². The molecule has 0 heterocycles. The van der Waals surface area contributed by atoms with Crippen molar-refractivity contribution in [3.8, 4) is 0 Å². The van der Waals surface area contributed by atoms with E-state index in [-0.39, 0.29) is 22.3 Å². The third-order valence-electron chi connectivity index (χ3n) is 4.79. The van der Waals surface area contributed by atoms with Crippen LogP contribution in [0.5, 0.6) is 0 Å². The molecule has 1 atom stereocenters. The van der Waals surface area contributed by atoms with Crippen LogP contribution in [-0.2, 0) is 26.2 Å². The van der Waals surface area contributed by atoms with Gasteiger partial charge in [0.1, 0.15) is 18.4 Å². The second-order valence-corrected chi connectivity index (χ2v) is 11.7. The Morgan fingerprint density at radius 3 is 2.21 bits per heavy atom. The zero-order chi connectivity index (χ0) is 25.8. The summed E-state index contributed by atoms with van der Waals surface area (Å²) in [7, 11) is -3.95. The van der Waals surface area contributed by atoms with Crippen molar-refractivity contribution in [1.82, 2.24) is 10.2 Å². The van der Waals surface area contributed by atoms with Crippen LogP contribution in [-0.4, -0.2) is 49.5 Å². The predicted octanol–water partition coefficient (Wildman–Crippen LogP) is 4.23. The molecular weight excluding hydrogens is 504 g/mol. The largest absolute Gasteiger partial charge is 0.350 e. The van der Waals surface area contributed by atoms with Crippen LogP contribution >= 0.6 is 23.2 Å². The van der Waals surface area contributed by atoms with Crippen molar-refractivity contribution in [3.05, 3.63) is 63.9 Å². The van der Waals surface area contributed by atoms with Crippen molar-refractivity contribution in [1.29, 1.82) is 0 Å². The van der Waals surface area contributed by atoms with E-state index >= 15 is 0 Å². The number of hydrogen-bond acceptors (Lipinski definition) is 4. The molecule has 34 heavy (non-hydrogen) atoms. The van der Waals surface area contributed by atoms with E-state index in [1.54, 1.807) is 27.7 Å². The van der Waals surface area contributed by atoms with Crippen molar-refractivity contribution in [3.63, 3.8) is 0 Å². The van der Waals surface area contributed by atoms with Gasteiger partial charge in [-0.25, -0.2) is 12.8 Å². The average Bonchev–Trinajstić information content (AvgIpc) is 2.70. The SMILES string of the molecule is C[C@@H](C(=O)NC(C)(C)C)N(Cc1ccc(F)cc1)C(=O)CN(c1cc(Cl)ccc1Cl)S(C)(=O)=O. The van der Waals surface area contributed by atoms with Gasteiger partial charge >= 0.3 is 0 Å². The molecule has 1 N–H and O–H groups in total. The highest BCUT2D eigenvalue weighted by atomic mass is 35.5. The minimum atomic E-state index is -3.95. The van der Waals surface area contributed by atoms with E-state index in [0.717, 1.165) is 10.6 Å². The number of nitrogens with one attached hydrogen (secondary N) is 1. The Labute approximate surface area is 209 Å². The van der Waals surface area contributed by atoms with Crippen LogP contribution < -0.4 is 9.62 Å². The van der Waals surface area contributed by atoms with Crippen LogP contribution in [0.2, 0.25) is 10.0 Å². The molecule has 2 amide bonds. The fourth-order valence-electron chi connectivity index (χ4n) is 3.11. The summed E-state index contributed by atoms with van der Waals surface area (Å²) in [4.78, 5) is 27.5. The Hall–Kier alpha value is -2.36. The summed E-state index contributed by atoms with van der Waals surface area (Å²) in [5.74, 6) is -1.52. The van der Waals surface area contributed by atoms with Crippen molar-refractivity contribution in [2.24, 2.45) is 0 Å². The van der Waals surface area contributed by atoms with Crippen molar-refractivity contribution in [2.75, 3.05) is 17.1 Å². The van der Waals surface area contributed by atoms with E-state index in [2.05, 4.69) is 5.32 Å². The van der Waals surface area contributed by atoms with Crippen LogP contribution in [0.15, 0.2) is 42.5 Å². The zero-order valence-corrected chi connectivity index (χ0v) is 21.9. The summed E-state index contributed by atoms with van der Waals surface area (Å²) < 4.78 is 39.4. The summed E-state index contributed by atoms with van der Waals surface area (Å²) in [6, 6.07) is 8.79. The molecule has 0 saturated carbocycles. The van der Waals surface area contributed by atoms with Crippen LogP contribution in [0.1, 0.15) is 33.3 Å². The quantitative estimate of drug-likeness (QED) is 0.552. The second-order valence-electron chi connectivity index (χ2n) is 8.93. The molecule has 0 radical (unpaired) electrons. The molecule has 0 aliphatic carbocycles. The summed E-state index contributed by atoms with van der Waals surface area (Å²) >= 11 is 12.2. The topological polar surface area (TPSA) is 86.8 Å². The molecular formula is C23H28Cl2FN3O4S. The number of rotatable bonds is 8. The predicted molar refractivity (Wildman–Crippen MR) is 133 cm³/mol. The number of sulfonamides is 1. The number of carbonyl (C=O) groups is 2. The van der Waals surface area contributed by atoms with Gasteiger partial charge in [-0.3, -0.25) is 13.9 Å². The number of nitrogens with zero attached hydrogens (tertiary/aromatic N) is 2. The number of carbonyl (C=O) groups excluding carboxylic acids is 2. The average molecular weight is 532 g/mol. The van der Waals surface area contributed by atoms with Crippen LogP contribution in [0.25, 0.3) is 0 Å². The molecule has 0 aliphatic heterocycles. The Bertz CT molecular complexity index is 1150. The summed E-state index contributed by atoms with van der Waals surface area (Å²) in [6.45, 7) is 6.29. The van der Waals surface area contributed by atoms with E-state index in [4.69, 9.17) is 23.2 Å². The zero-order valence-electron chi connectivity index (χ0n) is 19.6. The molecule has 186 valence electrons. The lowest BCUT2D eigenvalue weighted by molar-refractivity contribution is -0.140. The Morgan fingerprint density at radius 2 is 1.68 bits per heavy atom. The molecule has 0 aromatic heterocycles. The Kier molecular flexibility index (Phi) is 8.96.